The molecule has 0 spiro atoms. The number of thiophene rings is 1. The highest BCUT2D eigenvalue weighted by Gasteiger charge is 2.31. The van der Waals surface area contributed by atoms with E-state index in [0.717, 1.165) is 41.7 Å². The first-order valence-electron chi connectivity index (χ1n) is 6.85. The molecule has 0 aliphatic heterocycles. The number of nitrogens with one attached hydrogen (secondary N) is 1. The third kappa shape index (κ3) is 2.47. The number of nitrogens with zero attached hydrogens (tertiary/aromatic N) is 2. The van der Waals surface area contributed by atoms with Crippen molar-refractivity contribution < 1.29 is 9.90 Å². The number of carboxylic acid groups (broad SMARTS) is 1. The van der Waals surface area contributed by atoms with Gasteiger partial charge in [0.1, 0.15) is 17.0 Å². The van der Waals surface area contributed by atoms with Crippen molar-refractivity contribution in [2.75, 3.05) is 5.32 Å². The van der Waals surface area contributed by atoms with E-state index in [0.29, 0.717) is 0 Å². The molecule has 3 rings (SSSR count). The molecule has 1 fully saturated rings. The van der Waals surface area contributed by atoms with Crippen LogP contribution in [-0.4, -0.2) is 27.1 Å². The molecule has 0 aromatic carbocycles. The topological polar surface area (TPSA) is 75.1 Å². The van der Waals surface area contributed by atoms with E-state index < -0.39 is 5.97 Å². The van der Waals surface area contributed by atoms with Gasteiger partial charge in [-0.15, -0.1) is 11.3 Å². The molecule has 2 aromatic rings. The Morgan fingerprint density at radius 1 is 1.40 bits per heavy atom. The minimum atomic E-state index is -0.714. The smallest absolute Gasteiger partial charge is 0.308 e. The van der Waals surface area contributed by atoms with Gasteiger partial charge in [0.2, 0.25) is 0 Å². The molecule has 0 saturated heterocycles. The Bertz CT molecular complexity index is 640. The summed E-state index contributed by atoms with van der Waals surface area (Å²) in [4.78, 5) is 22.0. The maximum absolute atomic E-state index is 11.4. The number of aryl methyl sites for hydroxylation is 1. The van der Waals surface area contributed by atoms with Gasteiger partial charge in [-0.05, 0) is 25.8 Å². The predicted octanol–water partition coefficient (Wildman–Crippen LogP) is 3.06. The number of carbonyl (C=O) groups is 1. The van der Waals surface area contributed by atoms with Crippen LogP contribution in [-0.2, 0) is 4.79 Å². The number of fused-ring (bicyclic) bond motifs is 1. The van der Waals surface area contributed by atoms with Crippen LogP contribution in [0.4, 0.5) is 5.82 Å². The maximum atomic E-state index is 11.4. The zero-order valence-corrected chi connectivity index (χ0v) is 12.1. The van der Waals surface area contributed by atoms with Crippen LogP contribution in [0.1, 0.15) is 30.6 Å². The van der Waals surface area contributed by atoms with Crippen LogP contribution in [0.15, 0.2) is 12.4 Å². The first-order chi connectivity index (χ1) is 9.65. The molecule has 6 heteroatoms. The third-order valence-electron chi connectivity index (χ3n) is 3.86. The van der Waals surface area contributed by atoms with Gasteiger partial charge in [-0.3, -0.25) is 4.79 Å². The maximum Gasteiger partial charge on any atom is 0.308 e. The SMILES string of the molecule is Cc1cc2c(NC3CCCCC3C(=O)O)ncnc2s1. The largest absolute Gasteiger partial charge is 0.481 e. The van der Waals surface area contributed by atoms with Crippen LogP contribution >= 0.6 is 11.3 Å². The highest BCUT2D eigenvalue weighted by molar-refractivity contribution is 7.18. The molecule has 5 nitrogen and oxygen atoms in total. The number of aliphatic carboxylic acids is 1. The van der Waals surface area contributed by atoms with Crippen LogP contribution in [0, 0.1) is 12.8 Å². The van der Waals surface area contributed by atoms with E-state index in [2.05, 4.69) is 21.4 Å². The van der Waals surface area contributed by atoms with Gasteiger partial charge >= 0.3 is 5.97 Å². The fourth-order valence-electron chi connectivity index (χ4n) is 2.87. The van der Waals surface area contributed by atoms with Crippen LogP contribution < -0.4 is 5.32 Å². The van der Waals surface area contributed by atoms with Crippen molar-refractivity contribution in [3.05, 3.63) is 17.3 Å². The second kappa shape index (κ2) is 5.36. The fourth-order valence-corrected chi connectivity index (χ4v) is 3.71. The highest BCUT2D eigenvalue weighted by atomic mass is 32.1. The van der Waals surface area contributed by atoms with Crippen LogP contribution in [0.25, 0.3) is 10.2 Å². The highest BCUT2D eigenvalue weighted by Crippen LogP contribution is 2.31. The molecule has 106 valence electrons. The number of hydrogen-bond acceptors (Lipinski definition) is 5. The van der Waals surface area contributed by atoms with Crippen LogP contribution in [0.2, 0.25) is 0 Å². The molecule has 2 aromatic heterocycles. The van der Waals surface area contributed by atoms with Gasteiger partial charge in [0.25, 0.3) is 0 Å². The van der Waals surface area contributed by atoms with E-state index in [4.69, 9.17) is 0 Å². The number of carboxylic acids is 1. The molecule has 2 N–H and O–H groups in total. The van der Waals surface area contributed by atoms with Gasteiger partial charge in [0.05, 0.1) is 11.3 Å². The Morgan fingerprint density at radius 2 is 2.20 bits per heavy atom. The summed E-state index contributed by atoms with van der Waals surface area (Å²) in [7, 11) is 0. The molecule has 2 unspecified atom stereocenters. The van der Waals surface area contributed by atoms with Crippen LogP contribution in [0.5, 0.6) is 0 Å². The molecule has 2 atom stereocenters. The van der Waals surface area contributed by atoms with Gasteiger partial charge in [0.15, 0.2) is 0 Å². The van der Waals surface area contributed by atoms with E-state index in [9.17, 15) is 9.90 Å². The second-order valence-electron chi connectivity index (χ2n) is 5.28. The van der Waals surface area contributed by atoms with Crippen molar-refractivity contribution in [2.45, 2.75) is 38.6 Å². The molecular weight excluding hydrogens is 274 g/mol. The fraction of sp³-hybridized carbons (Fsp3) is 0.500. The van der Waals surface area contributed by atoms with Crippen molar-refractivity contribution in [3.8, 4) is 0 Å². The summed E-state index contributed by atoms with van der Waals surface area (Å²) in [6.45, 7) is 2.04. The van der Waals surface area contributed by atoms with Gasteiger partial charge in [-0.25, -0.2) is 9.97 Å². The summed E-state index contributed by atoms with van der Waals surface area (Å²) < 4.78 is 0. The Kier molecular flexibility index (Phi) is 3.56. The summed E-state index contributed by atoms with van der Waals surface area (Å²) in [5, 5.41) is 13.7. The Morgan fingerprint density at radius 3 is 3.00 bits per heavy atom. The van der Waals surface area contributed by atoms with Gasteiger partial charge in [-0.1, -0.05) is 12.8 Å². The molecule has 20 heavy (non-hydrogen) atoms. The van der Waals surface area contributed by atoms with E-state index in [1.54, 1.807) is 17.7 Å². The average Bonchev–Trinajstić information content (AvgIpc) is 2.80. The van der Waals surface area contributed by atoms with Crippen molar-refractivity contribution in [2.24, 2.45) is 5.92 Å². The molecule has 1 aliphatic rings. The minimum Gasteiger partial charge on any atom is -0.481 e. The van der Waals surface area contributed by atoms with Gasteiger partial charge < -0.3 is 10.4 Å². The number of aromatic nitrogens is 2. The average molecular weight is 291 g/mol. The predicted molar refractivity (Wildman–Crippen MR) is 79.2 cm³/mol. The summed E-state index contributed by atoms with van der Waals surface area (Å²) in [6.07, 6.45) is 5.22. The third-order valence-corrected chi connectivity index (χ3v) is 4.82. The first-order valence-corrected chi connectivity index (χ1v) is 7.67. The van der Waals surface area contributed by atoms with Crippen molar-refractivity contribution >= 4 is 33.3 Å². The number of hydrogen-bond donors (Lipinski definition) is 2. The van der Waals surface area contributed by atoms with E-state index in [-0.39, 0.29) is 12.0 Å². The lowest BCUT2D eigenvalue weighted by Gasteiger charge is -2.29. The monoisotopic (exact) mass is 291 g/mol. The Balaban J connectivity index is 1.89. The standard InChI is InChI=1S/C14H17N3O2S/c1-8-6-10-12(15-7-16-13(10)20-8)17-11-5-3-2-4-9(11)14(18)19/h6-7,9,11H,2-5H2,1H3,(H,18,19)(H,15,16,17). The van der Waals surface area contributed by atoms with Crippen molar-refractivity contribution in [1.29, 1.82) is 0 Å². The van der Waals surface area contributed by atoms with E-state index >= 15 is 0 Å². The molecule has 0 amide bonds. The summed E-state index contributed by atoms with van der Waals surface area (Å²) in [6, 6.07) is 2.01. The molecule has 2 heterocycles. The lowest BCUT2D eigenvalue weighted by molar-refractivity contribution is -0.143. The molecule has 0 radical (unpaired) electrons. The van der Waals surface area contributed by atoms with Gasteiger partial charge in [0, 0.05) is 10.9 Å². The van der Waals surface area contributed by atoms with E-state index in [1.807, 2.05) is 6.92 Å². The van der Waals surface area contributed by atoms with E-state index in [1.165, 1.54) is 4.88 Å². The zero-order chi connectivity index (χ0) is 14.1. The summed E-state index contributed by atoms with van der Waals surface area (Å²) >= 11 is 1.63. The first kappa shape index (κ1) is 13.3. The van der Waals surface area contributed by atoms with Crippen molar-refractivity contribution in [1.82, 2.24) is 9.97 Å². The van der Waals surface area contributed by atoms with Crippen LogP contribution in [0.3, 0.4) is 0 Å². The summed E-state index contributed by atoms with van der Waals surface area (Å²) in [5.74, 6) is -0.278. The Hall–Kier alpha value is -1.69. The van der Waals surface area contributed by atoms with Gasteiger partial charge in [-0.2, -0.15) is 0 Å². The lowest BCUT2D eigenvalue weighted by Crippen LogP contribution is -2.37. The minimum absolute atomic E-state index is 0.0421. The molecule has 1 aliphatic carbocycles. The lowest BCUT2D eigenvalue weighted by atomic mass is 9.84. The zero-order valence-electron chi connectivity index (χ0n) is 11.3. The number of rotatable bonds is 3. The Labute approximate surface area is 121 Å². The second-order valence-corrected chi connectivity index (χ2v) is 6.51. The quantitative estimate of drug-likeness (QED) is 0.909. The number of anilines is 1. The normalized spacial score (nSPS) is 22.9. The molecule has 1 saturated carbocycles. The summed E-state index contributed by atoms with van der Waals surface area (Å²) in [5.41, 5.74) is 0. The molecule has 0 bridgehead atoms. The van der Waals surface area contributed by atoms with Crippen molar-refractivity contribution in [3.63, 3.8) is 0 Å². The molecular formula is C14H17N3O2S.